The van der Waals surface area contributed by atoms with E-state index in [9.17, 15) is 9.59 Å². The molecule has 1 aromatic heterocycles. The van der Waals surface area contributed by atoms with Crippen molar-refractivity contribution in [1.29, 1.82) is 0 Å². The number of imide groups is 1. The fraction of sp³-hybridized carbons (Fsp3) is 0.571. The monoisotopic (exact) mass is 338 g/mol. The number of aromatic nitrogens is 1. The molecule has 0 bridgehead atoms. The van der Waals surface area contributed by atoms with Crippen LogP contribution in [0, 0.1) is 13.8 Å². The maximum absolute atomic E-state index is 11.5. The minimum atomic E-state index is -0.340. The van der Waals surface area contributed by atoms with E-state index in [1.807, 2.05) is 20.8 Å². The van der Waals surface area contributed by atoms with Gasteiger partial charge in [0.2, 0.25) is 5.91 Å². The number of aliphatic imine (C=N–C) groups is 1. The summed E-state index contributed by atoms with van der Waals surface area (Å²) in [5.41, 5.74) is 1.04. The smallest absolute Gasteiger partial charge is 0.324 e. The van der Waals surface area contributed by atoms with E-state index in [1.165, 1.54) is 9.78 Å². The highest BCUT2D eigenvalue weighted by atomic mass is 32.1. The van der Waals surface area contributed by atoms with Gasteiger partial charge in [0.25, 0.3) is 0 Å². The van der Waals surface area contributed by atoms with Crippen LogP contribution < -0.4 is 16.0 Å². The van der Waals surface area contributed by atoms with E-state index in [2.05, 4.69) is 25.9 Å². The second-order valence-corrected chi connectivity index (χ2v) is 6.36. The number of thiazole rings is 1. The Bertz CT molecular complexity index is 577. The summed E-state index contributed by atoms with van der Waals surface area (Å²) in [7, 11) is 0. The SMILES string of the molecule is CCNC(=NCc1nc(C)c(C)s1)NCCN1C(=O)CNC1=O. The number of nitrogens with zero attached hydrogens (tertiary/aromatic N) is 3. The van der Waals surface area contributed by atoms with Crippen molar-refractivity contribution in [2.75, 3.05) is 26.2 Å². The number of hydrogen-bond donors (Lipinski definition) is 3. The van der Waals surface area contributed by atoms with Crippen LogP contribution in [0.1, 0.15) is 22.5 Å². The van der Waals surface area contributed by atoms with E-state index in [4.69, 9.17) is 0 Å². The molecule has 0 radical (unpaired) electrons. The number of carbonyl (C=O) groups excluding carboxylic acids is 2. The molecule has 1 aliphatic rings. The first-order valence-electron chi connectivity index (χ1n) is 7.54. The number of amides is 3. The molecule has 0 aromatic carbocycles. The molecule has 23 heavy (non-hydrogen) atoms. The number of carbonyl (C=O) groups is 2. The van der Waals surface area contributed by atoms with Gasteiger partial charge in [-0.05, 0) is 20.8 Å². The Balaban J connectivity index is 1.86. The van der Waals surface area contributed by atoms with Gasteiger partial charge in [-0.1, -0.05) is 0 Å². The molecule has 0 saturated carbocycles. The lowest BCUT2D eigenvalue weighted by Gasteiger charge is -2.15. The number of rotatable bonds is 6. The maximum Gasteiger partial charge on any atom is 0.324 e. The summed E-state index contributed by atoms with van der Waals surface area (Å²) in [5.74, 6) is 0.442. The average molecular weight is 338 g/mol. The Kier molecular flexibility index (Phi) is 5.91. The van der Waals surface area contributed by atoms with Crippen LogP contribution >= 0.6 is 11.3 Å². The zero-order valence-corrected chi connectivity index (χ0v) is 14.4. The quantitative estimate of drug-likeness (QED) is 0.395. The van der Waals surface area contributed by atoms with Crippen LogP contribution in [0.3, 0.4) is 0 Å². The number of guanidine groups is 1. The van der Waals surface area contributed by atoms with Crippen LogP contribution in [0.5, 0.6) is 0 Å². The predicted molar refractivity (Wildman–Crippen MR) is 89.5 cm³/mol. The topological polar surface area (TPSA) is 98.7 Å². The molecule has 1 saturated heterocycles. The van der Waals surface area contributed by atoms with Crippen LogP contribution in [0.15, 0.2) is 4.99 Å². The third kappa shape index (κ3) is 4.65. The second kappa shape index (κ2) is 7.91. The van der Waals surface area contributed by atoms with Crippen molar-refractivity contribution in [2.24, 2.45) is 4.99 Å². The molecule has 0 aliphatic carbocycles. The van der Waals surface area contributed by atoms with Crippen LogP contribution in [0.4, 0.5) is 4.79 Å². The van der Waals surface area contributed by atoms with Crippen molar-refractivity contribution in [3.8, 4) is 0 Å². The van der Waals surface area contributed by atoms with Gasteiger partial charge >= 0.3 is 6.03 Å². The molecular weight excluding hydrogens is 316 g/mol. The normalized spacial score (nSPS) is 15.1. The highest BCUT2D eigenvalue weighted by molar-refractivity contribution is 7.11. The summed E-state index contributed by atoms with van der Waals surface area (Å²) >= 11 is 1.64. The largest absolute Gasteiger partial charge is 0.357 e. The lowest BCUT2D eigenvalue weighted by Crippen LogP contribution is -2.43. The first-order valence-corrected chi connectivity index (χ1v) is 8.36. The molecular formula is C14H22N6O2S. The number of urea groups is 1. The van der Waals surface area contributed by atoms with Crippen molar-refractivity contribution in [2.45, 2.75) is 27.3 Å². The molecule has 9 heteroatoms. The molecule has 1 fully saturated rings. The minimum absolute atomic E-state index is 0.0791. The molecule has 2 heterocycles. The molecule has 8 nitrogen and oxygen atoms in total. The summed E-state index contributed by atoms with van der Waals surface area (Å²) in [5, 5.41) is 9.71. The van der Waals surface area contributed by atoms with E-state index in [0.29, 0.717) is 25.6 Å². The molecule has 1 aliphatic heterocycles. The van der Waals surface area contributed by atoms with Crippen LogP contribution in [0.2, 0.25) is 0 Å². The predicted octanol–water partition coefficient (Wildman–Crippen LogP) is 0.367. The van der Waals surface area contributed by atoms with Crippen LogP contribution in [0.25, 0.3) is 0 Å². The van der Waals surface area contributed by atoms with Crippen molar-refractivity contribution in [3.05, 3.63) is 15.6 Å². The summed E-state index contributed by atoms with van der Waals surface area (Å²) in [6.07, 6.45) is 0. The Morgan fingerprint density at radius 3 is 2.74 bits per heavy atom. The number of hydrogen-bond acceptors (Lipinski definition) is 5. The Labute approximate surface area is 139 Å². The van der Waals surface area contributed by atoms with Gasteiger partial charge in [0, 0.05) is 24.5 Å². The number of nitrogens with one attached hydrogen (secondary N) is 3. The molecule has 1 aromatic rings. The van der Waals surface area contributed by atoms with E-state index in [-0.39, 0.29) is 18.5 Å². The average Bonchev–Trinajstić information content (AvgIpc) is 3.00. The lowest BCUT2D eigenvalue weighted by molar-refractivity contribution is -0.124. The standard InChI is InChI=1S/C14H22N6O2S/c1-4-15-13(17-7-11-19-9(2)10(3)23-11)16-5-6-20-12(21)8-18-14(20)22/h4-8H2,1-3H3,(H,18,22)(H2,15,16,17). The minimum Gasteiger partial charge on any atom is -0.357 e. The van der Waals surface area contributed by atoms with Gasteiger partial charge in [-0.2, -0.15) is 0 Å². The third-order valence-corrected chi connectivity index (χ3v) is 4.41. The van der Waals surface area contributed by atoms with E-state index < -0.39 is 0 Å². The summed E-state index contributed by atoms with van der Waals surface area (Å²) in [4.78, 5) is 34.3. The van der Waals surface area contributed by atoms with Gasteiger partial charge in [-0.15, -0.1) is 11.3 Å². The summed E-state index contributed by atoms with van der Waals surface area (Å²) < 4.78 is 0. The van der Waals surface area contributed by atoms with Crippen LogP contribution in [-0.4, -0.2) is 54.0 Å². The molecule has 126 valence electrons. The summed E-state index contributed by atoms with van der Waals surface area (Å²) in [6.45, 7) is 8.07. The van der Waals surface area contributed by atoms with Crippen LogP contribution in [-0.2, 0) is 11.3 Å². The molecule has 0 unspecified atom stereocenters. The van der Waals surface area contributed by atoms with Crippen molar-refractivity contribution < 1.29 is 9.59 Å². The van der Waals surface area contributed by atoms with Gasteiger partial charge in [0.1, 0.15) is 5.01 Å². The fourth-order valence-electron chi connectivity index (χ4n) is 2.06. The van der Waals surface area contributed by atoms with E-state index in [0.717, 1.165) is 17.2 Å². The Morgan fingerprint density at radius 2 is 2.17 bits per heavy atom. The van der Waals surface area contributed by atoms with E-state index in [1.54, 1.807) is 11.3 Å². The van der Waals surface area contributed by atoms with Crippen molar-refractivity contribution >= 4 is 29.2 Å². The van der Waals surface area contributed by atoms with Gasteiger partial charge in [0.05, 0.1) is 18.8 Å². The van der Waals surface area contributed by atoms with Crippen molar-refractivity contribution in [3.63, 3.8) is 0 Å². The van der Waals surface area contributed by atoms with Gasteiger partial charge in [-0.25, -0.2) is 14.8 Å². The zero-order valence-electron chi connectivity index (χ0n) is 13.6. The Morgan fingerprint density at radius 1 is 1.39 bits per heavy atom. The highest BCUT2D eigenvalue weighted by Gasteiger charge is 2.27. The van der Waals surface area contributed by atoms with Gasteiger partial charge in [-0.3, -0.25) is 9.69 Å². The lowest BCUT2D eigenvalue weighted by atomic mass is 10.4. The third-order valence-electron chi connectivity index (χ3n) is 3.35. The van der Waals surface area contributed by atoms with E-state index >= 15 is 0 Å². The highest BCUT2D eigenvalue weighted by Crippen LogP contribution is 2.16. The second-order valence-electron chi connectivity index (χ2n) is 5.08. The summed E-state index contributed by atoms with van der Waals surface area (Å²) in [6, 6.07) is -0.340. The first-order chi connectivity index (χ1) is 11.0. The van der Waals surface area contributed by atoms with Gasteiger partial charge in [0.15, 0.2) is 5.96 Å². The first kappa shape index (κ1) is 17.2. The Hall–Kier alpha value is -2.16. The number of aryl methyl sites for hydroxylation is 2. The molecule has 2 rings (SSSR count). The van der Waals surface area contributed by atoms with Gasteiger partial charge < -0.3 is 16.0 Å². The van der Waals surface area contributed by atoms with Crippen molar-refractivity contribution in [1.82, 2.24) is 25.8 Å². The molecule has 0 spiro atoms. The molecule has 0 atom stereocenters. The zero-order chi connectivity index (χ0) is 16.8. The molecule has 3 amide bonds. The molecule has 3 N–H and O–H groups in total. The maximum atomic E-state index is 11.5. The fourth-order valence-corrected chi connectivity index (χ4v) is 2.92.